The van der Waals surface area contributed by atoms with E-state index in [0.717, 1.165) is 30.0 Å². The minimum absolute atomic E-state index is 0.221. The molecule has 1 aliphatic rings. The maximum Gasteiger partial charge on any atom is 0.328 e. The molecule has 1 aliphatic heterocycles. The third-order valence-electron chi connectivity index (χ3n) is 4.86. The van der Waals surface area contributed by atoms with Crippen molar-refractivity contribution in [2.24, 2.45) is 0 Å². The molecule has 0 bridgehead atoms. The van der Waals surface area contributed by atoms with Crippen LogP contribution in [0.25, 0.3) is 11.6 Å². The molecule has 1 heterocycles. The minimum atomic E-state index is -0.942. The molecular formula is C25H28O3. The molecular weight excluding hydrogens is 348 g/mol. The molecule has 1 saturated heterocycles. The van der Waals surface area contributed by atoms with E-state index in [-0.39, 0.29) is 11.2 Å². The lowest BCUT2D eigenvalue weighted by molar-refractivity contribution is -0.138. The van der Waals surface area contributed by atoms with Crippen LogP contribution in [0.3, 0.4) is 0 Å². The van der Waals surface area contributed by atoms with Gasteiger partial charge >= 0.3 is 5.97 Å². The Morgan fingerprint density at radius 2 is 1.43 bits per heavy atom. The quantitative estimate of drug-likeness (QED) is 0.670. The minimum Gasteiger partial charge on any atom is -0.478 e. The number of aliphatic carboxylic acids is 1. The van der Waals surface area contributed by atoms with Crippen LogP contribution in [-0.4, -0.2) is 22.3 Å². The van der Waals surface area contributed by atoms with Gasteiger partial charge in [-0.15, -0.1) is 0 Å². The highest BCUT2D eigenvalue weighted by Crippen LogP contribution is 2.43. The number of carbonyl (C=O) groups is 1. The first-order valence-corrected chi connectivity index (χ1v) is 9.64. The topological polar surface area (TPSA) is 46.5 Å². The van der Waals surface area contributed by atoms with E-state index in [4.69, 9.17) is 9.84 Å². The van der Waals surface area contributed by atoms with E-state index in [1.54, 1.807) is 6.08 Å². The second-order valence-corrected chi connectivity index (χ2v) is 8.61. The SMILES string of the molecule is CC1(C)CC(=C(c2ccccc2)c2ccc(/C=C/C(=O)O)cc2)CC(C)(C)O1. The summed E-state index contributed by atoms with van der Waals surface area (Å²) in [5, 5.41) is 8.83. The van der Waals surface area contributed by atoms with Crippen molar-refractivity contribution in [2.75, 3.05) is 0 Å². The molecule has 3 nitrogen and oxygen atoms in total. The molecule has 0 spiro atoms. The Bertz CT molecular complexity index is 883. The van der Waals surface area contributed by atoms with Crippen LogP contribution in [-0.2, 0) is 9.53 Å². The maximum atomic E-state index is 10.8. The van der Waals surface area contributed by atoms with Gasteiger partial charge in [0.1, 0.15) is 0 Å². The lowest BCUT2D eigenvalue weighted by Crippen LogP contribution is -2.42. The Kier molecular flexibility index (Phi) is 5.57. The average molecular weight is 376 g/mol. The van der Waals surface area contributed by atoms with Crippen LogP contribution in [0.15, 0.2) is 66.2 Å². The summed E-state index contributed by atoms with van der Waals surface area (Å²) in [6.07, 6.45) is 4.53. The van der Waals surface area contributed by atoms with Gasteiger partial charge in [-0.05, 0) is 68.9 Å². The van der Waals surface area contributed by atoms with Gasteiger partial charge in [-0.25, -0.2) is 4.79 Å². The third kappa shape index (κ3) is 4.99. The Morgan fingerprint density at radius 3 is 1.96 bits per heavy atom. The fraction of sp³-hybridized carbons (Fsp3) is 0.320. The summed E-state index contributed by atoms with van der Waals surface area (Å²) in [6, 6.07) is 18.5. The Labute approximate surface area is 167 Å². The predicted octanol–water partition coefficient (Wildman–Crippen LogP) is 5.95. The molecule has 0 radical (unpaired) electrons. The lowest BCUT2D eigenvalue weighted by atomic mass is 9.79. The van der Waals surface area contributed by atoms with Crippen LogP contribution in [0.5, 0.6) is 0 Å². The molecule has 0 saturated carbocycles. The first-order valence-electron chi connectivity index (χ1n) is 9.64. The summed E-state index contributed by atoms with van der Waals surface area (Å²) < 4.78 is 6.29. The highest BCUT2D eigenvalue weighted by atomic mass is 16.5. The normalized spacial score (nSPS) is 18.2. The molecule has 1 N–H and O–H groups in total. The van der Waals surface area contributed by atoms with E-state index in [2.05, 4.69) is 64.1 Å². The lowest BCUT2D eigenvalue weighted by Gasteiger charge is -2.43. The summed E-state index contributed by atoms with van der Waals surface area (Å²) in [4.78, 5) is 10.8. The van der Waals surface area contributed by atoms with Gasteiger partial charge in [-0.3, -0.25) is 0 Å². The first kappa shape index (κ1) is 20.1. The summed E-state index contributed by atoms with van der Waals surface area (Å²) in [5.41, 5.74) is 5.40. The number of carboxylic acid groups (broad SMARTS) is 1. The number of ether oxygens (including phenoxy) is 1. The third-order valence-corrected chi connectivity index (χ3v) is 4.86. The highest BCUT2D eigenvalue weighted by Gasteiger charge is 2.37. The molecule has 0 aromatic heterocycles. The van der Waals surface area contributed by atoms with E-state index < -0.39 is 5.97 Å². The van der Waals surface area contributed by atoms with Crippen molar-refractivity contribution >= 4 is 17.6 Å². The van der Waals surface area contributed by atoms with Gasteiger partial charge in [0.25, 0.3) is 0 Å². The van der Waals surface area contributed by atoms with Crippen molar-refractivity contribution in [1.82, 2.24) is 0 Å². The highest BCUT2D eigenvalue weighted by molar-refractivity contribution is 5.86. The second-order valence-electron chi connectivity index (χ2n) is 8.61. The molecule has 3 rings (SSSR count). The van der Waals surface area contributed by atoms with E-state index in [1.165, 1.54) is 16.7 Å². The number of rotatable bonds is 4. The zero-order valence-electron chi connectivity index (χ0n) is 17.0. The van der Waals surface area contributed by atoms with Gasteiger partial charge in [0.2, 0.25) is 0 Å². The number of hydrogen-bond donors (Lipinski definition) is 1. The smallest absolute Gasteiger partial charge is 0.328 e. The van der Waals surface area contributed by atoms with Crippen molar-refractivity contribution in [1.29, 1.82) is 0 Å². The molecule has 0 atom stereocenters. The van der Waals surface area contributed by atoms with Crippen LogP contribution in [0.1, 0.15) is 57.2 Å². The average Bonchev–Trinajstić information content (AvgIpc) is 2.59. The van der Waals surface area contributed by atoms with Gasteiger partial charge in [0, 0.05) is 6.08 Å². The Morgan fingerprint density at radius 1 is 0.893 bits per heavy atom. The Hall–Kier alpha value is -2.65. The summed E-state index contributed by atoms with van der Waals surface area (Å²) in [6.45, 7) is 8.60. The van der Waals surface area contributed by atoms with Crippen LogP contribution < -0.4 is 0 Å². The van der Waals surface area contributed by atoms with Crippen molar-refractivity contribution in [3.63, 3.8) is 0 Å². The van der Waals surface area contributed by atoms with Crippen LogP contribution in [0.2, 0.25) is 0 Å². The largest absolute Gasteiger partial charge is 0.478 e. The van der Waals surface area contributed by atoms with Gasteiger partial charge in [-0.2, -0.15) is 0 Å². The van der Waals surface area contributed by atoms with Crippen LogP contribution in [0, 0.1) is 0 Å². The van der Waals surface area contributed by atoms with E-state index in [0.29, 0.717) is 0 Å². The molecule has 0 unspecified atom stereocenters. The Balaban J connectivity index is 2.10. The van der Waals surface area contributed by atoms with Crippen LogP contribution >= 0.6 is 0 Å². The van der Waals surface area contributed by atoms with Crippen molar-refractivity contribution < 1.29 is 14.6 Å². The standard InChI is InChI=1S/C25H28O3/c1-24(2)16-21(17-25(3,4)28-24)23(19-8-6-5-7-9-19)20-13-10-18(11-14-20)12-15-22(26)27/h5-15H,16-17H2,1-4H3,(H,26,27)/b15-12+. The zero-order chi connectivity index (χ0) is 20.4. The fourth-order valence-corrected chi connectivity index (χ4v) is 4.20. The van der Waals surface area contributed by atoms with E-state index in [1.807, 2.05) is 18.2 Å². The van der Waals surface area contributed by atoms with Gasteiger partial charge in [0.05, 0.1) is 11.2 Å². The van der Waals surface area contributed by atoms with Crippen molar-refractivity contribution in [3.8, 4) is 0 Å². The molecule has 3 heteroatoms. The van der Waals surface area contributed by atoms with Gasteiger partial charge in [0.15, 0.2) is 0 Å². The summed E-state index contributed by atoms with van der Waals surface area (Å²) in [5.74, 6) is -0.942. The molecule has 28 heavy (non-hydrogen) atoms. The molecule has 146 valence electrons. The van der Waals surface area contributed by atoms with Gasteiger partial charge in [-0.1, -0.05) is 60.2 Å². The van der Waals surface area contributed by atoms with E-state index in [9.17, 15) is 4.79 Å². The molecule has 1 fully saturated rings. The van der Waals surface area contributed by atoms with E-state index >= 15 is 0 Å². The molecule has 2 aromatic carbocycles. The summed E-state index contributed by atoms with van der Waals surface area (Å²) in [7, 11) is 0. The van der Waals surface area contributed by atoms with Crippen molar-refractivity contribution in [3.05, 3.63) is 82.9 Å². The van der Waals surface area contributed by atoms with Gasteiger partial charge < -0.3 is 9.84 Å². The molecule has 0 amide bonds. The number of hydrogen-bond acceptors (Lipinski definition) is 2. The van der Waals surface area contributed by atoms with Crippen molar-refractivity contribution in [2.45, 2.75) is 51.7 Å². The monoisotopic (exact) mass is 376 g/mol. The fourth-order valence-electron chi connectivity index (χ4n) is 4.20. The first-order chi connectivity index (χ1) is 13.2. The van der Waals surface area contributed by atoms with Crippen LogP contribution in [0.4, 0.5) is 0 Å². The number of carboxylic acids is 1. The zero-order valence-corrected chi connectivity index (χ0v) is 17.0. The predicted molar refractivity (Wildman–Crippen MR) is 114 cm³/mol. The summed E-state index contributed by atoms with van der Waals surface area (Å²) >= 11 is 0. The number of benzene rings is 2. The maximum absolute atomic E-state index is 10.8. The second kappa shape index (κ2) is 7.76. The molecule has 0 aliphatic carbocycles. The molecule has 2 aromatic rings.